The van der Waals surface area contributed by atoms with Gasteiger partial charge in [-0.2, -0.15) is 0 Å². The highest BCUT2D eigenvalue weighted by atomic mass is 16.6. The average Bonchev–Trinajstić information content (AvgIpc) is 3.49. The Balaban J connectivity index is 4.33. The SMILES string of the molecule is CC/C=C\C/C=C\C/C=C\C/C=C\C/C=C\CCCCCC(=O)OC(COC(=O)CCCC/C=C\C/C=C\C/C=C\C/C=C\CC)COC(=O)CCCCCCCCCCCCCCCCCCCC/C=C\C/C=C\C/C=C\C/C=C\CC. The van der Waals surface area contributed by atoms with E-state index < -0.39 is 6.10 Å². The molecule has 0 N–H and O–H groups in total. The summed E-state index contributed by atoms with van der Waals surface area (Å²) in [6.07, 6.45) is 101. The Kier molecular flexibility index (Phi) is 65.4. The van der Waals surface area contributed by atoms with Crippen LogP contribution in [0.3, 0.4) is 0 Å². The minimum Gasteiger partial charge on any atom is -0.462 e. The van der Waals surface area contributed by atoms with Crippen molar-refractivity contribution in [2.75, 3.05) is 13.2 Å². The normalized spacial score (nSPS) is 13.1. The zero-order valence-electron chi connectivity index (χ0n) is 53.7. The van der Waals surface area contributed by atoms with Crippen LogP contribution in [0.15, 0.2) is 158 Å². The van der Waals surface area contributed by atoms with Crippen molar-refractivity contribution in [2.24, 2.45) is 0 Å². The molecule has 1 unspecified atom stereocenters. The summed E-state index contributed by atoms with van der Waals surface area (Å²) < 4.78 is 16.9. The number of unbranched alkanes of at least 4 members (excludes halogenated alkanes) is 23. The first kappa shape index (κ1) is 78.0. The van der Waals surface area contributed by atoms with E-state index in [0.717, 1.165) is 135 Å². The van der Waals surface area contributed by atoms with E-state index >= 15 is 0 Å². The largest absolute Gasteiger partial charge is 0.462 e. The molecule has 0 rings (SSSR count). The van der Waals surface area contributed by atoms with Crippen molar-refractivity contribution < 1.29 is 28.6 Å². The Hall–Kier alpha value is -4.97. The molecule has 0 fully saturated rings. The van der Waals surface area contributed by atoms with E-state index in [4.69, 9.17) is 14.2 Å². The molecule has 6 heteroatoms. The van der Waals surface area contributed by atoms with E-state index in [1.165, 1.54) is 103 Å². The Morgan fingerprint density at radius 1 is 0.241 bits per heavy atom. The van der Waals surface area contributed by atoms with Crippen molar-refractivity contribution in [2.45, 2.75) is 297 Å². The van der Waals surface area contributed by atoms with Gasteiger partial charge in [-0.3, -0.25) is 14.4 Å². The summed E-state index contributed by atoms with van der Waals surface area (Å²) in [5, 5.41) is 0. The molecule has 0 aromatic rings. The van der Waals surface area contributed by atoms with Crippen molar-refractivity contribution in [1.29, 1.82) is 0 Å². The van der Waals surface area contributed by atoms with Crippen molar-refractivity contribution >= 4 is 17.9 Å². The second-order valence-corrected chi connectivity index (χ2v) is 21.9. The lowest BCUT2D eigenvalue weighted by Gasteiger charge is -2.18. The van der Waals surface area contributed by atoms with Gasteiger partial charge in [0.2, 0.25) is 0 Å². The van der Waals surface area contributed by atoms with E-state index in [1.54, 1.807) is 0 Å². The summed E-state index contributed by atoms with van der Waals surface area (Å²) in [7, 11) is 0. The molecule has 0 amide bonds. The molecule has 1 atom stereocenters. The second kappa shape index (κ2) is 69.5. The van der Waals surface area contributed by atoms with Crippen LogP contribution in [0.5, 0.6) is 0 Å². The highest BCUT2D eigenvalue weighted by Crippen LogP contribution is 2.16. The number of esters is 3. The minimum atomic E-state index is -0.820. The molecule has 0 aromatic heterocycles. The van der Waals surface area contributed by atoms with Gasteiger partial charge < -0.3 is 14.2 Å². The van der Waals surface area contributed by atoms with E-state index in [9.17, 15) is 14.4 Å². The lowest BCUT2D eigenvalue weighted by molar-refractivity contribution is -0.167. The molecule has 0 saturated carbocycles. The van der Waals surface area contributed by atoms with Gasteiger partial charge in [-0.25, -0.2) is 0 Å². The van der Waals surface area contributed by atoms with E-state index in [2.05, 4.69) is 179 Å². The molecule has 0 bridgehead atoms. The van der Waals surface area contributed by atoms with Crippen molar-refractivity contribution in [3.63, 3.8) is 0 Å². The number of carbonyl (C=O) groups excluding carboxylic acids is 3. The molecule has 0 aliphatic heterocycles. The van der Waals surface area contributed by atoms with Gasteiger partial charge in [-0.05, 0) is 141 Å². The van der Waals surface area contributed by atoms with Gasteiger partial charge in [0.05, 0.1) is 0 Å². The van der Waals surface area contributed by atoms with Gasteiger partial charge in [0.15, 0.2) is 6.10 Å². The van der Waals surface area contributed by atoms with Crippen LogP contribution in [0.4, 0.5) is 0 Å². The predicted octanol–water partition coefficient (Wildman–Crippen LogP) is 23.7. The fourth-order valence-corrected chi connectivity index (χ4v) is 9.04. The smallest absolute Gasteiger partial charge is 0.306 e. The van der Waals surface area contributed by atoms with E-state index in [0.29, 0.717) is 25.7 Å². The maximum atomic E-state index is 12.9. The number of ether oxygens (including phenoxy) is 3. The summed E-state index contributed by atoms with van der Waals surface area (Å²) in [5.74, 6) is -0.982. The van der Waals surface area contributed by atoms with Crippen molar-refractivity contribution in [3.05, 3.63) is 158 Å². The monoisotopic (exact) mass is 1140 g/mol. The van der Waals surface area contributed by atoms with Gasteiger partial charge in [0.25, 0.3) is 0 Å². The van der Waals surface area contributed by atoms with Gasteiger partial charge in [-0.15, -0.1) is 0 Å². The zero-order valence-corrected chi connectivity index (χ0v) is 53.7. The molecule has 468 valence electrons. The van der Waals surface area contributed by atoms with Crippen molar-refractivity contribution in [1.82, 2.24) is 0 Å². The summed E-state index contributed by atoms with van der Waals surface area (Å²) in [4.78, 5) is 38.4. The Morgan fingerprint density at radius 2 is 0.434 bits per heavy atom. The summed E-state index contributed by atoms with van der Waals surface area (Å²) in [5.41, 5.74) is 0. The van der Waals surface area contributed by atoms with Crippen LogP contribution in [-0.4, -0.2) is 37.2 Å². The third-order valence-corrected chi connectivity index (χ3v) is 14.0. The quantitative estimate of drug-likeness (QED) is 0.0261. The minimum absolute atomic E-state index is 0.109. The number of allylic oxidation sites excluding steroid dienone is 26. The standard InChI is InChI=1S/C77H124O6/c1-4-7-10-13-16-19-22-25-28-30-32-33-34-35-36-37-38-39-40-41-42-43-45-46-49-52-55-58-61-64-67-70-76(79)82-73-74(72-81-75(78)69-66-63-60-57-54-51-48-27-24-21-18-15-12-9-6-3)83-77(80)71-68-65-62-59-56-53-50-47-44-31-29-26-23-20-17-14-11-8-5-2/h7-12,16-21,25-29,32-33,44,47-48,53-54,56-57,74H,4-6,13-15,22-24,30-31,34-43,45-46,49-52,55,58-73H2,1-3H3/b10-7-,11-8-,12-9-,19-16-,20-17-,21-18-,28-25-,29-26-,33-32-,47-44-,48-27-,56-53-,57-54-. The van der Waals surface area contributed by atoms with Crippen molar-refractivity contribution in [3.8, 4) is 0 Å². The average molecular weight is 1150 g/mol. The van der Waals surface area contributed by atoms with Crippen LogP contribution < -0.4 is 0 Å². The summed E-state index contributed by atoms with van der Waals surface area (Å²) in [6, 6.07) is 0. The fourth-order valence-electron chi connectivity index (χ4n) is 9.04. The van der Waals surface area contributed by atoms with Gasteiger partial charge in [-0.1, -0.05) is 288 Å². The molecule has 0 aliphatic rings. The maximum Gasteiger partial charge on any atom is 0.306 e. The molecule has 0 aliphatic carbocycles. The highest BCUT2D eigenvalue weighted by Gasteiger charge is 2.19. The lowest BCUT2D eigenvalue weighted by Crippen LogP contribution is -2.30. The second-order valence-electron chi connectivity index (χ2n) is 21.9. The zero-order chi connectivity index (χ0) is 59.9. The molecule has 0 heterocycles. The van der Waals surface area contributed by atoms with E-state index in [-0.39, 0.29) is 37.5 Å². The molecular formula is C77H124O6. The third-order valence-electron chi connectivity index (χ3n) is 14.0. The Morgan fingerprint density at radius 3 is 0.711 bits per heavy atom. The van der Waals surface area contributed by atoms with Gasteiger partial charge in [0.1, 0.15) is 13.2 Å². The molecule has 6 nitrogen and oxygen atoms in total. The molecule has 0 spiro atoms. The van der Waals surface area contributed by atoms with Crippen LogP contribution in [0.2, 0.25) is 0 Å². The molecule has 0 radical (unpaired) electrons. The maximum absolute atomic E-state index is 12.9. The summed E-state index contributed by atoms with van der Waals surface area (Å²) in [6.45, 7) is 6.25. The highest BCUT2D eigenvalue weighted by molar-refractivity contribution is 5.71. The summed E-state index contributed by atoms with van der Waals surface area (Å²) >= 11 is 0. The number of rotatable bonds is 60. The topological polar surface area (TPSA) is 78.9 Å². The molecule has 0 saturated heterocycles. The van der Waals surface area contributed by atoms with Crippen LogP contribution in [0, 0.1) is 0 Å². The van der Waals surface area contributed by atoms with Crippen LogP contribution in [-0.2, 0) is 28.6 Å². The van der Waals surface area contributed by atoms with Crippen LogP contribution in [0.25, 0.3) is 0 Å². The number of hydrogen-bond acceptors (Lipinski definition) is 6. The number of carbonyl (C=O) groups is 3. The first-order valence-electron chi connectivity index (χ1n) is 34.0. The van der Waals surface area contributed by atoms with Gasteiger partial charge in [0, 0.05) is 19.3 Å². The lowest BCUT2D eigenvalue weighted by atomic mass is 10.0. The molecular weight excluding hydrogens is 1020 g/mol. The number of hydrogen-bond donors (Lipinski definition) is 0. The third kappa shape index (κ3) is 67.7. The van der Waals surface area contributed by atoms with Gasteiger partial charge >= 0.3 is 17.9 Å². The Labute approximate surface area is 511 Å². The predicted molar refractivity (Wildman–Crippen MR) is 362 cm³/mol. The van der Waals surface area contributed by atoms with Crippen LogP contribution >= 0.6 is 0 Å². The van der Waals surface area contributed by atoms with Crippen LogP contribution in [0.1, 0.15) is 290 Å². The first-order valence-corrected chi connectivity index (χ1v) is 34.0. The molecule has 0 aromatic carbocycles. The Bertz CT molecular complexity index is 1840. The van der Waals surface area contributed by atoms with E-state index in [1.807, 2.05) is 0 Å². The fraction of sp³-hybridized carbons (Fsp3) is 0.623. The molecule has 83 heavy (non-hydrogen) atoms. The first-order chi connectivity index (χ1) is 41.0.